The molecule has 12 N–H and O–H groups in total. The first-order valence-corrected chi connectivity index (χ1v) is 10.5. The van der Waals surface area contributed by atoms with Crippen LogP contribution in [0.3, 0.4) is 0 Å². The van der Waals surface area contributed by atoms with Crippen LogP contribution in [0.1, 0.15) is 0 Å². The van der Waals surface area contributed by atoms with Crippen molar-refractivity contribution in [3.8, 4) is 0 Å². The van der Waals surface area contributed by atoms with Gasteiger partial charge in [0.15, 0.2) is 12.1 Å². The van der Waals surface area contributed by atoms with E-state index in [1.807, 2.05) is 0 Å². The van der Waals surface area contributed by atoms with Gasteiger partial charge in [0.1, 0.15) is 54.9 Å². The summed E-state index contributed by atoms with van der Waals surface area (Å²) in [5, 5.41) is 111. The van der Waals surface area contributed by atoms with Gasteiger partial charge in [0.2, 0.25) is 0 Å². The molecule has 1 saturated heterocycles. The molecule has 0 aromatic heterocycles. The molecule has 0 aromatic rings. The third-order valence-electron chi connectivity index (χ3n) is 5.87. The quantitative estimate of drug-likeness (QED) is 0.118. The third-order valence-corrected chi connectivity index (χ3v) is 5.87. The summed E-state index contributed by atoms with van der Waals surface area (Å²) in [7, 11) is 0. The van der Waals surface area contributed by atoms with Crippen LogP contribution in [0, 0.1) is 0 Å². The van der Waals surface area contributed by atoms with Gasteiger partial charge in [-0.2, -0.15) is 0 Å². The van der Waals surface area contributed by atoms with Crippen molar-refractivity contribution >= 4 is 5.78 Å². The number of aliphatic hydroxyl groups excluding tert-OH is 11. The number of hydrogen-bond acceptors (Lipinski definition) is 15. The van der Waals surface area contributed by atoms with Crippen LogP contribution < -0.4 is 5.32 Å². The highest BCUT2D eigenvalue weighted by atomic mass is 16.7. The van der Waals surface area contributed by atoms with Gasteiger partial charge in [-0.3, -0.25) is 4.79 Å². The number of nitrogens with one attached hydrogen (secondary N) is 1. The lowest BCUT2D eigenvalue weighted by molar-refractivity contribution is -0.298. The van der Waals surface area contributed by atoms with Gasteiger partial charge in [0.25, 0.3) is 0 Å². The average molecular weight is 499 g/mol. The molecule has 15 nitrogen and oxygen atoms in total. The number of ether oxygens (including phenoxy) is 2. The van der Waals surface area contributed by atoms with Crippen molar-refractivity contribution in [2.75, 3.05) is 26.4 Å². The number of hydrogen-bond donors (Lipinski definition) is 12. The normalized spacial score (nSPS) is 39.3. The molecule has 0 bridgehead atoms. The third kappa shape index (κ3) is 6.15. The fraction of sp³-hybridized carbons (Fsp3) is 0.842. The van der Waals surface area contributed by atoms with Gasteiger partial charge in [-0.1, -0.05) is 6.08 Å². The van der Waals surface area contributed by atoms with Crippen LogP contribution in [0.5, 0.6) is 0 Å². The number of aliphatic hydroxyl groups is 11. The minimum Gasteiger partial charge on any atom is -0.394 e. The molecule has 0 saturated carbocycles. The van der Waals surface area contributed by atoms with Crippen LogP contribution in [0.25, 0.3) is 0 Å². The van der Waals surface area contributed by atoms with E-state index in [0.717, 1.165) is 0 Å². The molecule has 198 valence electrons. The minimum absolute atomic E-state index is 0.0226. The predicted octanol–water partition coefficient (Wildman–Crippen LogP) is -7.57. The summed E-state index contributed by atoms with van der Waals surface area (Å²) in [6.45, 7) is -3.45. The highest BCUT2D eigenvalue weighted by molar-refractivity contribution is 5.87. The van der Waals surface area contributed by atoms with Crippen LogP contribution in [0.2, 0.25) is 0 Å². The lowest BCUT2D eigenvalue weighted by atomic mass is 9.86. The largest absolute Gasteiger partial charge is 0.394 e. The molecule has 1 fully saturated rings. The molecular weight excluding hydrogens is 466 g/mol. The van der Waals surface area contributed by atoms with Gasteiger partial charge in [-0.25, -0.2) is 0 Å². The number of carbonyl (C=O) groups is 1. The Morgan fingerprint density at radius 2 is 1.62 bits per heavy atom. The van der Waals surface area contributed by atoms with E-state index in [9.17, 15) is 55.9 Å². The Morgan fingerprint density at radius 3 is 2.15 bits per heavy atom. The molecular formula is C19H33NO14. The van der Waals surface area contributed by atoms with Crippen molar-refractivity contribution in [2.45, 2.75) is 73.3 Å². The molecule has 2 aliphatic rings. The Kier molecular flexibility index (Phi) is 10.9. The number of rotatable bonds is 11. The zero-order valence-corrected chi connectivity index (χ0v) is 18.0. The molecule has 0 radical (unpaired) electrons. The highest BCUT2D eigenvalue weighted by Crippen LogP contribution is 2.27. The molecule has 0 amide bonds. The second-order valence-corrected chi connectivity index (χ2v) is 8.16. The second kappa shape index (κ2) is 12.7. The molecule has 0 aromatic carbocycles. The highest BCUT2D eigenvalue weighted by Gasteiger charge is 2.49. The minimum atomic E-state index is -1.98. The summed E-state index contributed by atoms with van der Waals surface area (Å²) in [4.78, 5) is 12.2. The Hall–Kier alpha value is -1.15. The van der Waals surface area contributed by atoms with Crippen molar-refractivity contribution in [1.29, 1.82) is 0 Å². The van der Waals surface area contributed by atoms with E-state index in [2.05, 4.69) is 5.32 Å². The summed E-state index contributed by atoms with van der Waals surface area (Å²) in [6, 6.07) is -2.47. The van der Waals surface area contributed by atoms with E-state index in [1.54, 1.807) is 0 Å². The number of ketones is 1. The Morgan fingerprint density at radius 1 is 0.971 bits per heavy atom. The molecule has 1 heterocycles. The van der Waals surface area contributed by atoms with Gasteiger partial charge in [0, 0.05) is 0 Å². The first-order valence-electron chi connectivity index (χ1n) is 10.5. The maximum Gasteiger partial charge on any atom is 0.195 e. The Balaban J connectivity index is 2.22. The molecule has 15 heteroatoms. The van der Waals surface area contributed by atoms with Gasteiger partial charge < -0.3 is 71.0 Å². The van der Waals surface area contributed by atoms with E-state index in [-0.39, 0.29) is 5.57 Å². The summed E-state index contributed by atoms with van der Waals surface area (Å²) >= 11 is 0. The van der Waals surface area contributed by atoms with Gasteiger partial charge in [-0.15, -0.1) is 0 Å². The zero-order valence-electron chi connectivity index (χ0n) is 18.0. The van der Waals surface area contributed by atoms with Crippen molar-refractivity contribution in [2.24, 2.45) is 0 Å². The summed E-state index contributed by atoms with van der Waals surface area (Å²) in [6.07, 6.45) is -16.4. The lowest BCUT2D eigenvalue weighted by Crippen LogP contribution is -2.68. The summed E-state index contributed by atoms with van der Waals surface area (Å²) < 4.78 is 10.6. The fourth-order valence-corrected chi connectivity index (χ4v) is 3.83. The average Bonchev–Trinajstić information content (AvgIpc) is 2.84. The van der Waals surface area contributed by atoms with Gasteiger partial charge in [0.05, 0.1) is 38.5 Å². The first kappa shape index (κ1) is 29.1. The molecule has 1 aliphatic carbocycles. The van der Waals surface area contributed by atoms with E-state index in [1.165, 1.54) is 6.08 Å². The maximum atomic E-state index is 12.2. The van der Waals surface area contributed by atoms with E-state index >= 15 is 0 Å². The molecule has 12 unspecified atom stereocenters. The van der Waals surface area contributed by atoms with Crippen LogP contribution in [-0.2, 0) is 14.3 Å². The van der Waals surface area contributed by atoms with E-state index in [0.29, 0.717) is 0 Å². The predicted molar refractivity (Wildman–Crippen MR) is 108 cm³/mol. The van der Waals surface area contributed by atoms with Crippen molar-refractivity contribution < 1.29 is 70.4 Å². The molecule has 12 atom stereocenters. The Bertz CT molecular complexity index is 692. The SMILES string of the molecule is O=C(C(O)CO)C(OC1OC(CO)C(NC2C=C(CO)C(O)C(O)C2O)C(O)C1O)C(O)CO. The summed E-state index contributed by atoms with van der Waals surface area (Å²) in [5.41, 5.74) is -0.0226. The fourth-order valence-electron chi connectivity index (χ4n) is 3.83. The summed E-state index contributed by atoms with van der Waals surface area (Å²) in [5.74, 6) is -1.24. The van der Waals surface area contributed by atoms with Crippen molar-refractivity contribution in [3.05, 3.63) is 11.6 Å². The van der Waals surface area contributed by atoms with Crippen LogP contribution in [0.4, 0.5) is 0 Å². The zero-order chi connectivity index (χ0) is 25.7. The van der Waals surface area contributed by atoms with E-state index in [4.69, 9.17) is 14.6 Å². The molecule has 2 rings (SSSR count). The monoisotopic (exact) mass is 499 g/mol. The smallest absolute Gasteiger partial charge is 0.195 e. The second-order valence-electron chi connectivity index (χ2n) is 8.16. The van der Waals surface area contributed by atoms with Gasteiger partial charge in [-0.05, 0) is 5.57 Å². The number of Topliss-reactive ketones (excluding diaryl/α,β-unsaturated/α-hetero) is 1. The Labute approximate surface area is 193 Å². The lowest BCUT2D eigenvalue weighted by Gasteiger charge is -2.45. The topological polar surface area (TPSA) is 270 Å². The van der Waals surface area contributed by atoms with Gasteiger partial charge >= 0.3 is 0 Å². The molecule has 1 aliphatic heterocycles. The van der Waals surface area contributed by atoms with Crippen LogP contribution in [0.15, 0.2) is 11.6 Å². The molecule has 0 spiro atoms. The standard InChI is InChI=1S/C19H33NO14/c21-2-6-1-7(13(28)16(31)12(6)27)20-11-10(5-24)33-19(17(32)15(11)30)34-18(9(26)4-23)14(29)8(25)3-22/h1,7-13,15-28,30-32H,2-5H2. The number of carbonyl (C=O) groups excluding carboxylic acids is 1. The van der Waals surface area contributed by atoms with E-state index < -0.39 is 106 Å². The van der Waals surface area contributed by atoms with Crippen LogP contribution in [-0.4, -0.2) is 162 Å². The molecule has 34 heavy (non-hydrogen) atoms. The van der Waals surface area contributed by atoms with Crippen molar-refractivity contribution in [3.63, 3.8) is 0 Å². The van der Waals surface area contributed by atoms with Crippen molar-refractivity contribution in [1.82, 2.24) is 5.32 Å². The van der Waals surface area contributed by atoms with Crippen LogP contribution >= 0.6 is 0 Å². The first-order chi connectivity index (χ1) is 16.0. The maximum absolute atomic E-state index is 12.2.